The van der Waals surface area contributed by atoms with Gasteiger partial charge in [-0.05, 0) is 19.1 Å². The van der Waals surface area contributed by atoms with Crippen LogP contribution < -0.4 is 9.47 Å². The molecule has 7 heteroatoms. The highest BCUT2D eigenvalue weighted by Gasteiger charge is 2.15. The van der Waals surface area contributed by atoms with Gasteiger partial charge in [0.15, 0.2) is 16.3 Å². The van der Waals surface area contributed by atoms with Crippen molar-refractivity contribution in [2.45, 2.75) is 13.0 Å². The largest absolute Gasteiger partial charge is 0.493 e. The van der Waals surface area contributed by atoms with Gasteiger partial charge in [0.25, 0.3) is 0 Å². The summed E-state index contributed by atoms with van der Waals surface area (Å²) in [4.78, 5) is 3.15. The number of nitrogens with one attached hydrogen (secondary N) is 1. The number of aromatic nitrogens is 2. The van der Waals surface area contributed by atoms with Crippen LogP contribution in [0.5, 0.6) is 11.5 Å². The summed E-state index contributed by atoms with van der Waals surface area (Å²) >= 11 is 5.37. The first-order valence-corrected chi connectivity index (χ1v) is 8.27. The van der Waals surface area contributed by atoms with Crippen molar-refractivity contribution in [3.05, 3.63) is 16.9 Å². The van der Waals surface area contributed by atoms with E-state index in [1.165, 1.54) is 0 Å². The smallest absolute Gasteiger partial charge is 0.178 e. The molecule has 2 aromatic rings. The summed E-state index contributed by atoms with van der Waals surface area (Å²) in [5.41, 5.74) is 1.80. The van der Waals surface area contributed by atoms with E-state index in [0.717, 1.165) is 11.0 Å². The molecule has 110 valence electrons. The van der Waals surface area contributed by atoms with E-state index in [-0.39, 0.29) is 6.04 Å². The van der Waals surface area contributed by atoms with Gasteiger partial charge in [0.2, 0.25) is 0 Å². The second-order valence-corrected chi connectivity index (χ2v) is 6.48. The number of aromatic amines is 1. The number of rotatable bonds is 5. The predicted molar refractivity (Wildman–Crippen MR) is 83.9 cm³/mol. The average Bonchev–Trinajstić information content (AvgIpc) is 2.70. The minimum Gasteiger partial charge on any atom is -0.493 e. The maximum absolute atomic E-state index is 11.4. The molecule has 0 aliphatic heterocycles. The zero-order chi connectivity index (χ0) is 14.9. The second-order valence-electron chi connectivity index (χ2n) is 4.61. The molecule has 0 saturated carbocycles. The summed E-state index contributed by atoms with van der Waals surface area (Å²) in [6, 6.07) is 3.78. The molecule has 1 N–H and O–H groups in total. The average molecular weight is 314 g/mol. The summed E-state index contributed by atoms with van der Waals surface area (Å²) in [5.74, 6) is 1.85. The predicted octanol–water partition coefficient (Wildman–Crippen LogP) is 2.66. The van der Waals surface area contributed by atoms with Gasteiger partial charge < -0.3 is 19.0 Å². The monoisotopic (exact) mass is 314 g/mol. The maximum atomic E-state index is 11.4. The fourth-order valence-electron chi connectivity index (χ4n) is 2.30. The molecule has 0 amide bonds. The van der Waals surface area contributed by atoms with E-state index >= 15 is 0 Å². The van der Waals surface area contributed by atoms with Crippen molar-refractivity contribution in [2.24, 2.45) is 0 Å². The molecule has 0 aliphatic carbocycles. The van der Waals surface area contributed by atoms with Crippen LogP contribution in [0.4, 0.5) is 0 Å². The molecule has 0 spiro atoms. The number of nitrogens with zero attached hydrogens (tertiary/aromatic N) is 1. The molecule has 2 unspecified atom stereocenters. The van der Waals surface area contributed by atoms with E-state index in [0.29, 0.717) is 22.0 Å². The van der Waals surface area contributed by atoms with Crippen molar-refractivity contribution in [1.29, 1.82) is 0 Å². The summed E-state index contributed by atoms with van der Waals surface area (Å²) in [7, 11) is 2.31. The Morgan fingerprint density at radius 2 is 1.95 bits per heavy atom. The molecule has 0 fully saturated rings. The molecule has 20 heavy (non-hydrogen) atoms. The minimum absolute atomic E-state index is 0.0418. The minimum atomic E-state index is -0.882. The summed E-state index contributed by atoms with van der Waals surface area (Å²) in [6.45, 7) is 2.00. The normalized spacial score (nSPS) is 14.2. The molecule has 1 aromatic heterocycles. The zero-order valence-electron chi connectivity index (χ0n) is 11.9. The van der Waals surface area contributed by atoms with Gasteiger partial charge in [-0.25, -0.2) is 0 Å². The molecular weight excluding hydrogens is 296 g/mol. The summed E-state index contributed by atoms with van der Waals surface area (Å²) in [6.07, 6.45) is 1.69. The third-order valence-electron chi connectivity index (χ3n) is 3.14. The van der Waals surface area contributed by atoms with Crippen LogP contribution in [0.2, 0.25) is 0 Å². The van der Waals surface area contributed by atoms with Gasteiger partial charge in [-0.3, -0.25) is 4.21 Å². The lowest BCUT2D eigenvalue weighted by molar-refractivity contribution is 0.355. The Balaban J connectivity index is 2.63. The van der Waals surface area contributed by atoms with Gasteiger partial charge in [-0.1, -0.05) is 0 Å². The van der Waals surface area contributed by atoms with Gasteiger partial charge in [0.1, 0.15) is 0 Å². The number of methoxy groups -OCH3 is 2. The highest BCUT2D eigenvalue weighted by Crippen LogP contribution is 2.33. The number of hydrogen-bond donors (Lipinski definition) is 1. The first kappa shape index (κ1) is 15.1. The van der Waals surface area contributed by atoms with Crippen LogP contribution in [-0.2, 0) is 10.8 Å². The molecule has 0 bridgehead atoms. The molecule has 2 rings (SSSR count). The highest BCUT2D eigenvalue weighted by molar-refractivity contribution is 7.84. The lowest BCUT2D eigenvalue weighted by Crippen LogP contribution is -2.12. The van der Waals surface area contributed by atoms with E-state index < -0.39 is 10.8 Å². The SMILES string of the molecule is COc1cc2[nH]c(=S)n(C(C)CS(C)=O)c2cc1OC. The molecule has 2 atom stereocenters. The Kier molecular flexibility index (Phi) is 4.49. The van der Waals surface area contributed by atoms with E-state index in [9.17, 15) is 4.21 Å². The maximum Gasteiger partial charge on any atom is 0.178 e. The van der Waals surface area contributed by atoms with Gasteiger partial charge in [0.05, 0.1) is 25.3 Å². The lowest BCUT2D eigenvalue weighted by Gasteiger charge is -2.14. The van der Waals surface area contributed by atoms with E-state index in [1.54, 1.807) is 20.5 Å². The van der Waals surface area contributed by atoms with Crippen molar-refractivity contribution in [3.63, 3.8) is 0 Å². The van der Waals surface area contributed by atoms with Crippen LogP contribution in [-0.4, -0.2) is 40.0 Å². The number of ether oxygens (including phenoxy) is 2. The highest BCUT2D eigenvalue weighted by atomic mass is 32.2. The van der Waals surface area contributed by atoms with Crippen molar-refractivity contribution in [3.8, 4) is 11.5 Å². The molecule has 0 aliphatic rings. The van der Waals surface area contributed by atoms with E-state index in [1.807, 2.05) is 23.6 Å². The number of H-pyrrole nitrogens is 1. The van der Waals surface area contributed by atoms with Gasteiger partial charge >= 0.3 is 0 Å². The van der Waals surface area contributed by atoms with Crippen molar-refractivity contribution in [1.82, 2.24) is 9.55 Å². The molecule has 5 nitrogen and oxygen atoms in total. The topological polar surface area (TPSA) is 56.2 Å². The number of hydrogen-bond acceptors (Lipinski definition) is 4. The summed E-state index contributed by atoms with van der Waals surface area (Å²) < 4.78 is 24.6. The van der Waals surface area contributed by atoms with Crippen molar-refractivity contribution >= 4 is 34.1 Å². The van der Waals surface area contributed by atoms with Gasteiger partial charge in [0, 0.05) is 41.0 Å². The Hall–Kier alpha value is -1.34. The number of imidazole rings is 1. The van der Waals surface area contributed by atoms with Crippen LogP contribution in [0.1, 0.15) is 13.0 Å². The second kappa shape index (κ2) is 5.97. The molecule has 1 aromatic carbocycles. The molecule has 0 saturated heterocycles. The van der Waals surface area contributed by atoms with Crippen molar-refractivity contribution < 1.29 is 13.7 Å². The first-order chi connectivity index (χ1) is 9.47. The first-order valence-electron chi connectivity index (χ1n) is 6.14. The standard InChI is InChI=1S/C13H18N2O3S2/c1-8(7-20(4)16)15-10-6-12(18-3)11(17-2)5-9(10)14-13(15)19/h5-6,8H,7H2,1-4H3,(H,14,19). The van der Waals surface area contributed by atoms with E-state index in [4.69, 9.17) is 21.7 Å². The fraction of sp³-hybridized carbons (Fsp3) is 0.462. The Labute approximate surface area is 125 Å². The molecular formula is C13H18N2O3S2. The third-order valence-corrected chi connectivity index (χ3v) is 4.39. The van der Waals surface area contributed by atoms with Crippen molar-refractivity contribution in [2.75, 3.05) is 26.2 Å². The van der Waals surface area contributed by atoms with Crippen LogP contribution in [0.3, 0.4) is 0 Å². The Morgan fingerprint density at radius 3 is 2.50 bits per heavy atom. The Bertz CT molecular complexity index is 705. The summed E-state index contributed by atoms with van der Waals surface area (Å²) in [5, 5.41) is 0. The molecule has 1 heterocycles. The third kappa shape index (κ3) is 2.73. The number of fused-ring (bicyclic) bond motifs is 1. The fourth-order valence-corrected chi connectivity index (χ4v) is 3.52. The lowest BCUT2D eigenvalue weighted by atomic mass is 10.2. The van der Waals surface area contributed by atoms with Crippen LogP contribution in [0.15, 0.2) is 12.1 Å². The quantitative estimate of drug-likeness (QED) is 0.862. The van der Waals surface area contributed by atoms with E-state index in [2.05, 4.69) is 4.98 Å². The Morgan fingerprint density at radius 1 is 1.35 bits per heavy atom. The molecule has 0 radical (unpaired) electrons. The van der Waals surface area contributed by atoms with Gasteiger partial charge in [-0.2, -0.15) is 0 Å². The number of benzene rings is 1. The zero-order valence-corrected chi connectivity index (χ0v) is 13.6. The van der Waals surface area contributed by atoms with Gasteiger partial charge in [-0.15, -0.1) is 0 Å². The van der Waals surface area contributed by atoms with Crippen LogP contribution in [0, 0.1) is 4.77 Å². The van der Waals surface area contributed by atoms with Crippen LogP contribution >= 0.6 is 12.2 Å². The van der Waals surface area contributed by atoms with Crippen LogP contribution in [0.25, 0.3) is 11.0 Å².